The largest absolute Gasteiger partial charge is 0.390 e. The number of hydrogen-bond acceptors (Lipinski definition) is 4. The van der Waals surface area contributed by atoms with Gasteiger partial charge in [0.2, 0.25) is 0 Å². The van der Waals surface area contributed by atoms with Gasteiger partial charge < -0.3 is 10.2 Å². The topological polar surface area (TPSA) is 71.2 Å². The maximum absolute atomic E-state index is 10.1. The average molecular weight is 269 g/mol. The first-order valence-electron chi connectivity index (χ1n) is 7.22. The van der Waals surface area contributed by atoms with Gasteiger partial charge in [-0.1, -0.05) is 40.5 Å². The molecule has 0 fully saturated rings. The first kappa shape index (κ1) is 16.1. The molecule has 1 aromatic rings. The van der Waals surface area contributed by atoms with Crippen molar-refractivity contribution in [1.82, 2.24) is 14.8 Å². The summed E-state index contributed by atoms with van der Waals surface area (Å²) in [7, 11) is 0. The van der Waals surface area contributed by atoms with Crippen LogP contribution in [-0.4, -0.2) is 37.2 Å². The maximum Gasteiger partial charge on any atom is 0.138 e. The van der Waals surface area contributed by atoms with E-state index in [9.17, 15) is 10.2 Å². The minimum absolute atomic E-state index is 0.136. The van der Waals surface area contributed by atoms with Crippen LogP contribution in [0.5, 0.6) is 0 Å². The van der Waals surface area contributed by atoms with Crippen molar-refractivity contribution in [2.75, 3.05) is 0 Å². The Bertz CT molecular complexity index is 361. The zero-order chi connectivity index (χ0) is 14.4. The van der Waals surface area contributed by atoms with E-state index in [1.807, 2.05) is 18.5 Å². The molecule has 2 atom stereocenters. The van der Waals surface area contributed by atoms with Gasteiger partial charge in [-0.15, -0.1) is 0 Å². The highest BCUT2D eigenvalue weighted by Gasteiger charge is 2.25. The second-order valence-corrected chi connectivity index (χ2v) is 5.59. The molecule has 0 spiro atoms. The lowest BCUT2D eigenvalue weighted by Gasteiger charge is -2.24. The lowest BCUT2D eigenvalue weighted by molar-refractivity contribution is -0.0201. The highest BCUT2D eigenvalue weighted by Crippen LogP contribution is 2.18. The molecule has 0 amide bonds. The lowest BCUT2D eigenvalue weighted by Crippen LogP contribution is -2.35. The first-order valence-corrected chi connectivity index (χ1v) is 7.22. The Hall–Kier alpha value is -0.940. The van der Waals surface area contributed by atoms with Crippen molar-refractivity contribution in [2.24, 2.45) is 11.8 Å². The predicted molar refractivity (Wildman–Crippen MR) is 74.6 cm³/mol. The summed E-state index contributed by atoms with van der Waals surface area (Å²) >= 11 is 0. The van der Waals surface area contributed by atoms with Crippen molar-refractivity contribution in [3.8, 4) is 0 Å². The molecule has 5 heteroatoms. The number of aromatic nitrogens is 3. The summed E-state index contributed by atoms with van der Waals surface area (Å²) in [5, 5.41) is 24.5. The van der Waals surface area contributed by atoms with E-state index in [-0.39, 0.29) is 5.92 Å². The molecular formula is C14H27N3O2. The zero-order valence-corrected chi connectivity index (χ0v) is 12.5. The quantitative estimate of drug-likeness (QED) is 0.752. The molecule has 0 aromatic carbocycles. The van der Waals surface area contributed by atoms with E-state index in [4.69, 9.17) is 0 Å². The third-order valence-corrected chi connectivity index (χ3v) is 3.55. The van der Waals surface area contributed by atoms with Crippen LogP contribution in [0.3, 0.4) is 0 Å². The van der Waals surface area contributed by atoms with Crippen LogP contribution in [0.4, 0.5) is 0 Å². The van der Waals surface area contributed by atoms with E-state index < -0.39 is 12.2 Å². The minimum Gasteiger partial charge on any atom is -0.390 e. The van der Waals surface area contributed by atoms with Crippen LogP contribution in [0.15, 0.2) is 6.33 Å². The normalized spacial score (nSPS) is 15.2. The highest BCUT2D eigenvalue weighted by molar-refractivity contribution is 4.91. The molecule has 2 unspecified atom stereocenters. The zero-order valence-electron chi connectivity index (χ0n) is 12.5. The fourth-order valence-electron chi connectivity index (χ4n) is 2.34. The van der Waals surface area contributed by atoms with Crippen LogP contribution in [0.1, 0.15) is 46.4 Å². The van der Waals surface area contributed by atoms with E-state index in [2.05, 4.69) is 23.9 Å². The Labute approximate surface area is 115 Å². The van der Waals surface area contributed by atoms with Crippen molar-refractivity contribution < 1.29 is 10.2 Å². The van der Waals surface area contributed by atoms with Gasteiger partial charge in [0.05, 0.1) is 12.2 Å². The summed E-state index contributed by atoms with van der Waals surface area (Å²) in [5.74, 6) is 1.35. The summed E-state index contributed by atoms with van der Waals surface area (Å²) in [6.07, 6.45) is 2.12. The van der Waals surface area contributed by atoms with Crippen LogP contribution >= 0.6 is 0 Å². The molecule has 1 heterocycles. The average Bonchev–Trinajstić information content (AvgIpc) is 2.77. The van der Waals surface area contributed by atoms with Crippen LogP contribution in [0, 0.1) is 11.8 Å². The van der Waals surface area contributed by atoms with Crippen LogP contribution in [0.2, 0.25) is 0 Å². The minimum atomic E-state index is -0.778. The van der Waals surface area contributed by atoms with Gasteiger partial charge in [-0.05, 0) is 11.8 Å². The molecule has 1 rings (SSSR count). The molecule has 19 heavy (non-hydrogen) atoms. The van der Waals surface area contributed by atoms with E-state index in [1.54, 1.807) is 0 Å². The Morgan fingerprint density at radius 2 is 1.84 bits per heavy atom. The molecule has 0 saturated carbocycles. The molecule has 110 valence electrons. The molecular weight excluding hydrogens is 242 g/mol. The number of hydrogen-bond donors (Lipinski definition) is 2. The molecule has 0 radical (unpaired) electrons. The van der Waals surface area contributed by atoms with E-state index in [1.165, 1.54) is 6.33 Å². The fraction of sp³-hybridized carbons (Fsp3) is 0.857. The molecule has 0 saturated heterocycles. The number of aliphatic hydroxyl groups is 2. The number of nitrogens with zero attached hydrogens (tertiary/aromatic N) is 3. The molecule has 2 N–H and O–H groups in total. The molecule has 5 nitrogen and oxygen atoms in total. The smallest absolute Gasteiger partial charge is 0.138 e. The SMILES string of the molecule is CCC(CC)C(O)C(O)Cc1ncnn1CC(C)C. The highest BCUT2D eigenvalue weighted by atomic mass is 16.3. The summed E-state index contributed by atoms with van der Waals surface area (Å²) in [4.78, 5) is 4.18. The predicted octanol–water partition coefficient (Wildman–Crippen LogP) is 1.63. The van der Waals surface area contributed by atoms with Gasteiger partial charge in [0.25, 0.3) is 0 Å². The summed E-state index contributed by atoms with van der Waals surface area (Å²) in [5.41, 5.74) is 0. The van der Waals surface area contributed by atoms with Crippen LogP contribution in [-0.2, 0) is 13.0 Å². The molecule has 0 aliphatic carbocycles. The molecule has 1 aromatic heterocycles. The summed E-state index contributed by atoms with van der Waals surface area (Å²) < 4.78 is 1.81. The van der Waals surface area contributed by atoms with E-state index in [0.29, 0.717) is 12.3 Å². The lowest BCUT2D eigenvalue weighted by atomic mass is 9.91. The second-order valence-electron chi connectivity index (χ2n) is 5.59. The molecule has 0 aliphatic heterocycles. The van der Waals surface area contributed by atoms with Crippen molar-refractivity contribution in [1.29, 1.82) is 0 Å². The fourth-order valence-corrected chi connectivity index (χ4v) is 2.34. The van der Waals surface area contributed by atoms with E-state index in [0.717, 1.165) is 25.2 Å². The van der Waals surface area contributed by atoms with E-state index >= 15 is 0 Å². The third kappa shape index (κ3) is 4.58. The monoisotopic (exact) mass is 269 g/mol. The number of aliphatic hydroxyl groups excluding tert-OH is 2. The standard InChI is InChI=1S/C14H27N3O2/c1-5-11(6-2)14(19)12(18)7-13-15-9-16-17(13)8-10(3)4/h9-12,14,18-19H,5-8H2,1-4H3. The van der Waals surface area contributed by atoms with Gasteiger partial charge in [0.15, 0.2) is 0 Å². The van der Waals surface area contributed by atoms with Crippen molar-refractivity contribution in [2.45, 2.75) is 65.7 Å². The second kappa shape index (κ2) is 7.60. The van der Waals surface area contributed by atoms with Gasteiger partial charge in [0, 0.05) is 13.0 Å². The Morgan fingerprint density at radius 1 is 1.21 bits per heavy atom. The summed E-state index contributed by atoms with van der Waals surface area (Å²) in [6.45, 7) is 9.07. The first-order chi connectivity index (χ1) is 8.99. The van der Waals surface area contributed by atoms with Gasteiger partial charge in [-0.3, -0.25) is 0 Å². The maximum atomic E-state index is 10.1. The van der Waals surface area contributed by atoms with Gasteiger partial charge in [-0.25, -0.2) is 9.67 Å². The molecule has 0 aliphatic rings. The number of rotatable bonds is 8. The van der Waals surface area contributed by atoms with Crippen LogP contribution in [0.25, 0.3) is 0 Å². The van der Waals surface area contributed by atoms with Crippen LogP contribution < -0.4 is 0 Å². The Kier molecular flexibility index (Phi) is 6.45. The Morgan fingerprint density at radius 3 is 2.37 bits per heavy atom. The molecule has 0 bridgehead atoms. The van der Waals surface area contributed by atoms with Crippen molar-refractivity contribution in [3.63, 3.8) is 0 Å². The third-order valence-electron chi connectivity index (χ3n) is 3.55. The van der Waals surface area contributed by atoms with Gasteiger partial charge in [0.1, 0.15) is 12.2 Å². The summed E-state index contributed by atoms with van der Waals surface area (Å²) in [6, 6.07) is 0. The van der Waals surface area contributed by atoms with Gasteiger partial charge >= 0.3 is 0 Å². The van der Waals surface area contributed by atoms with Gasteiger partial charge in [-0.2, -0.15) is 5.10 Å². The van der Waals surface area contributed by atoms with Crippen molar-refractivity contribution >= 4 is 0 Å². The Balaban J connectivity index is 2.66. The van der Waals surface area contributed by atoms with Crippen molar-refractivity contribution in [3.05, 3.63) is 12.2 Å².